The van der Waals surface area contributed by atoms with E-state index < -0.39 is 18.0 Å². The van der Waals surface area contributed by atoms with E-state index in [9.17, 15) is 14.0 Å². The first-order valence-corrected chi connectivity index (χ1v) is 9.77. The van der Waals surface area contributed by atoms with Gasteiger partial charge in [-0.1, -0.05) is 0 Å². The molecule has 0 aromatic carbocycles. The number of aliphatic hydroxyl groups excluding tert-OH is 1. The van der Waals surface area contributed by atoms with Crippen molar-refractivity contribution in [3.8, 4) is 12.8 Å². The van der Waals surface area contributed by atoms with Gasteiger partial charge in [0.15, 0.2) is 0 Å². The summed E-state index contributed by atoms with van der Waals surface area (Å²) in [5.74, 6) is -1.03. The number of alkyl halides is 1. The van der Waals surface area contributed by atoms with Gasteiger partial charge in [0.05, 0.1) is 47.5 Å². The Labute approximate surface area is 175 Å². The number of aliphatic hydroxyl groups is 1. The lowest BCUT2D eigenvalue weighted by atomic mass is 10.1. The lowest BCUT2D eigenvalue weighted by Crippen LogP contribution is -2.27. The smallest absolute Gasteiger partial charge is 0.252 e. The molecule has 2 aromatic heterocycles. The second kappa shape index (κ2) is 10.6. The molecular formula is C21H28FN5O3. The predicted molar refractivity (Wildman–Crippen MR) is 114 cm³/mol. The van der Waals surface area contributed by atoms with Crippen LogP contribution in [0.5, 0.6) is 0 Å². The molecule has 8 nitrogen and oxygen atoms in total. The number of nitrogens with zero attached hydrogens (tertiary/aromatic N) is 3. The predicted octanol–water partition coefficient (Wildman–Crippen LogP) is 1.62. The molecule has 0 bridgehead atoms. The normalized spacial score (nSPS) is 19.0. The van der Waals surface area contributed by atoms with Gasteiger partial charge in [-0.25, -0.2) is 8.91 Å². The van der Waals surface area contributed by atoms with Crippen LogP contribution < -0.4 is 16.0 Å². The zero-order chi connectivity index (χ0) is 22.3. The summed E-state index contributed by atoms with van der Waals surface area (Å²) >= 11 is 0. The molecule has 1 fully saturated rings. The molecule has 0 saturated heterocycles. The molecule has 1 unspecified atom stereocenters. The fourth-order valence-electron chi connectivity index (χ4n) is 3.54. The zero-order valence-corrected chi connectivity index (χ0v) is 17.0. The second-order valence-electron chi connectivity index (χ2n) is 7.31. The topological polar surface area (TPSA) is 113 Å². The molecular weight excluding hydrogens is 389 g/mol. The zero-order valence-electron chi connectivity index (χ0n) is 17.0. The number of nitrogens with two attached hydrogens (primary N) is 1. The molecule has 1 amide bonds. The molecule has 3 atom stereocenters. The first-order valence-electron chi connectivity index (χ1n) is 9.77. The molecule has 30 heavy (non-hydrogen) atoms. The monoisotopic (exact) mass is 417 g/mol. The molecule has 1 aliphatic rings. The Balaban J connectivity index is 0.00000155. The van der Waals surface area contributed by atoms with Crippen LogP contribution in [-0.2, 0) is 4.79 Å². The van der Waals surface area contributed by atoms with E-state index in [4.69, 9.17) is 10.8 Å². The van der Waals surface area contributed by atoms with Crippen molar-refractivity contribution in [3.05, 3.63) is 24.0 Å². The highest BCUT2D eigenvalue weighted by atomic mass is 19.1. The lowest BCUT2D eigenvalue weighted by molar-refractivity contribution is -0.112. The minimum absolute atomic E-state index is 0.182. The number of primary amides is 1. The van der Waals surface area contributed by atoms with E-state index in [-0.39, 0.29) is 18.2 Å². The number of anilines is 2. The highest BCUT2D eigenvalue weighted by Crippen LogP contribution is 2.31. The molecule has 9 heteroatoms. The molecule has 3 rings (SSSR count). The first-order chi connectivity index (χ1) is 14.4. The number of rotatable bonds is 9. The Kier molecular flexibility index (Phi) is 8.18. The van der Waals surface area contributed by atoms with Crippen LogP contribution >= 0.6 is 0 Å². The van der Waals surface area contributed by atoms with E-state index in [0.29, 0.717) is 37.0 Å². The quantitative estimate of drug-likeness (QED) is 0.422. The summed E-state index contributed by atoms with van der Waals surface area (Å²) in [6, 6.07) is 1.48. The molecule has 0 spiro atoms. The molecule has 1 saturated carbocycles. The maximum Gasteiger partial charge on any atom is 0.252 e. The highest BCUT2D eigenvalue weighted by molar-refractivity contribution is 6.02. The number of nitrogens with one attached hydrogen (secondary N) is 1. The van der Waals surface area contributed by atoms with Crippen molar-refractivity contribution in [3.63, 3.8) is 0 Å². The molecule has 4 N–H and O–H groups in total. The number of carbonyl (C=O) groups excluding carboxylic acids is 2. The lowest BCUT2D eigenvalue weighted by Gasteiger charge is -2.19. The molecule has 2 heterocycles. The van der Waals surface area contributed by atoms with Gasteiger partial charge in [0.25, 0.3) is 5.91 Å². The average Bonchev–Trinajstić information content (AvgIpc) is 3.36. The third kappa shape index (κ3) is 5.07. The number of hydrogen-bond acceptors (Lipinski definition) is 6. The standard InChI is InChI=1S/C19H26FN5O3.C2H2/c1-24(6-5-12(10-26)11-27)13-7-17-18(23-16-4-2-3-15(16)20)14(19(21)28)8-22-25(17)9-13;1-2/h7-10,12,15-16,23,27H,2-6,11H2,1H3,(H2,21,28);1-2H/t12?,15-,16+;/m0./s1. The Bertz CT molecular complexity index is 897. The highest BCUT2D eigenvalue weighted by Gasteiger charge is 2.29. The Morgan fingerprint density at radius 3 is 2.83 bits per heavy atom. The van der Waals surface area contributed by atoms with Gasteiger partial charge in [0.2, 0.25) is 0 Å². The number of halogens is 1. The summed E-state index contributed by atoms with van der Waals surface area (Å²) in [7, 11) is 1.87. The van der Waals surface area contributed by atoms with Gasteiger partial charge in [-0.2, -0.15) is 5.10 Å². The summed E-state index contributed by atoms with van der Waals surface area (Å²) in [4.78, 5) is 24.7. The van der Waals surface area contributed by atoms with Crippen LogP contribution in [0.4, 0.5) is 15.8 Å². The fraction of sp³-hybridized carbons (Fsp3) is 0.476. The van der Waals surface area contributed by atoms with Gasteiger partial charge in [0, 0.05) is 19.5 Å². The van der Waals surface area contributed by atoms with Crippen LogP contribution in [0.15, 0.2) is 18.5 Å². The van der Waals surface area contributed by atoms with Gasteiger partial charge >= 0.3 is 0 Å². The number of carbonyl (C=O) groups is 2. The molecule has 0 aliphatic heterocycles. The van der Waals surface area contributed by atoms with Crippen molar-refractivity contribution in [1.29, 1.82) is 0 Å². The number of amides is 1. The Morgan fingerprint density at radius 1 is 1.53 bits per heavy atom. The minimum Gasteiger partial charge on any atom is -0.396 e. The molecule has 162 valence electrons. The number of aromatic nitrogens is 2. The molecule has 2 aromatic rings. The van der Waals surface area contributed by atoms with E-state index in [0.717, 1.165) is 18.4 Å². The van der Waals surface area contributed by atoms with E-state index >= 15 is 0 Å². The van der Waals surface area contributed by atoms with Crippen LogP contribution in [0, 0.1) is 18.8 Å². The second-order valence-corrected chi connectivity index (χ2v) is 7.31. The van der Waals surface area contributed by atoms with Crippen molar-refractivity contribution < 1.29 is 19.1 Å². The van der Waals surface area contributed by atoms with E-state index in [1.165, 1.54) is 6.20 Å². The van der Waals surface area contributed by atoms with E-state index in [2.05, 4.69) is 23.3 Å². The van der Waals surface area contributed by atoms with Gasteiger partial charge in [-0.15, -0.1) is 12.8 Å². The molecule has 1 aliphatic carbocycles. The van der Waals surface area contributed by atoms with Crippen LogP contribution in [0.1, 0.15) is 36.0 Å². The first kappa shape index (κ1) is 23.2. The Hall–Kier alpha value is -3.12. The number of terminal acetylenes is 1. The largest absolute Gasteiger partial charge is 0.396 e. The average molecular weight is 417 g/mol. The summed E-state index contributed by atoms with van der Waals surface area (Å²) in [6.45, 7) is 0.375. The van der Waals surface area contributed by atoms with Crippen molar-refractivity contribution in [2.24, 2.45) is 11.7 Å². The SMILES string of the molecule is C#C.CN(CCC(C=O)CO)c1cc2c(N[C@@H]3CCC[C@@H]3F)c(C(N)=O)cnn2c1. The maximum absolute atomic E-state index is 14.1. The van der Waals surface area contributed by atoms with Gasteiger partial charge in [-0.3, -0.25) is 4.79 Å². The van der Waals surface area contributed by atoms with Gasteiger partial charge in [0.1, 0.15) is 12.5 Å². The third-order valence-electron chi connectivity index (χ3n) is 5.35. The summed E-state index contributed by atoms with van der Waals surface area (Å²) in [5.41, 5.74) is 7.66. The van der Waals surface area contributed by atoms with Crippen molar-refractivity contribution in [2.75, 3.05) is 30.4 Å². The van der Waals surface area contributed by atoms with Crippen LogP contribution in [0.2, 0.25) is 0 Å². The number of aldehydes is 1. The third-order valence-corrected chi connectivity index (χ3v) is 5.35. The minimum atomic E-state index is -0.968. The van der Waals surface area contributed by atoms with Crippen molar-refractivity contribution >= 4 is 29.1 Å². The summed E-state index contributed by atoms with van der Waals surface area (Å²) in [5, 5.41) is 16.6. The van der Waals surface area contributed by atoms with Crippen LogP contribution in [0.25, 0.3) is 5.52 Å². The number of fused-ring (bicyclic) bond motifs is 1. The summed E-state index contributed by atoms with van der Waals surface area (Å²) in [6.07, 6.45) is 13.5. The maximum atomic E-state index is 14.1. The van der Waals surface area contributed by atoms with Crippen LogP contribution in [0.3, 0.4) is 0 Å². The van der Waals surface area contributed by atoms with E-state index in [1.54, 1.807) is 10.7 Å². The Morgan fingerprint density at radius 2 is 2.27 bits per heavy atom. The number of hydrogen-bond donors (Lipinski definition) is 3. The fourth-order valence-corrected chi connectivity index (χ4v) is 3.54. The van der Waals surface area contributed by atoms with Crippen molar-refractivity contribution in [2.45, 2.75) is 37.9 Å². The summed E-state index contributed by atoms with van der Waals surface area (Å²) < 4.78 is 15.7. The van der Waals surface area contributed by atoms with Gasteiger partial charge in [-0.05, 0) is 31.7 Å². The van der Waals surface area contributed by atoms with Crippen LogP contribution in [-0.4, -0.2) is 59.3 Å². The molecule has 0 radical (unpaired) electrons. The van der Waals surface area contributed by atoms with E-state index in [1.807, 2.05) is 18.0 Å². The van der Waals surface area contributed by atoms with Gasteiger partial charge < -0.3 is 25.9 Å². The van der Waals surface area contributed by atoms with Crippen molar-refractivity contribution in [1.82, 2.24) is 9.61 Å².